The van der Waals surface area contributed by atoms with Crippen LogP contribution < -0.4 is 5.32 Å². The van der Waals surface area contributed by atoms with Crippen LogP contribution in [-0.4, -0.2) is 21.8 Å². The maximum Gasteiger partial charge on any atom is 0.257 e. The molecule has 2 aromatic rings. The molecule has 1 aromatic heterocycles. The van der Waals surface area contributed by atoms with Crippen molar-refractivity contribution in [3.8, 4) is 0 Å². The lowest BCUT2D eigenvalue weighted by molar-refractivity contribution is 0.102. The second-order valence-electron chi connectivity index (χ2n) is 4.47. The Hall–Kier alpha value is -2.69. The second kappa shape index (κ2) is 5.97. The zero-order valence-electron chi connectivity index (χ0n) is 11.3. The summed E-state index contributed by atoms with van der Waals surface area (Å²) in [4.78, 5) is 16.1. The van der Waals surface area contributed by atoms with Gasteiger partial charge >= 0.3 is 0 Å². The van der Waals surface area contributed by atoms with Crippen LogP contribution in [0.4, 0.5) is 5.69 Å². The first-order valence-electron chi connectivity index (χ1n) is 6.12. The molecule has 2 rings (SSSR count). The van der Waals surface area contributed by atoms with Crippen LogP contribution in [0.25, 0.3) is 0 Å². The number of nitrogens with one attached hydrogen (secondary N) is 1. The van der Waals surface area contributed by atoms with Gasteiger partial charge in [0.05, 0.1) is 11.3 Å². The average Bonchev–Trinajstić information content (AvgIpc) is 2.46. The van der Waals surface area contributed by atoms with E-state index in [-0.39, 0.29) is 5.91 Å². The van der Waals surface area contributed by atoms with Crippen LogP contribution >= 0.6 is 0 Å². The van der Waals surface area contributed by atoms with Gasteiger partial charge in [0.15, 0.2) is 0 Å². The number of hydrogen-bond donors (Lipinski definition) is 2. The molecule has 0 saturated heterocycles. The predicted molar refractivity (Wildman–Crippen MR) is 77.4 cm³/mol. The highest BCUT2D eigenvalue weighted by atomic mass is 16.4. The van der Waals surface area contributed by atoms with Crippen molar-refractivity contribution in [2.45, 2.75) is 13.8 Å². The van der Waals surface area contributed by atoms with Crippen molar-refractivity contribution in [1.82, 2.24) is 4.98 Å². The molecule has 0 saturated carbocycles. The summed E-state index contributed by atoms with van der Waals surface area (Å²) in [5.74, 6) is -0.225. The number of rotatable bonds is 3. The summed E-state index contributed by atoms with van der Waals surface area (Å²) in [5.41, 5.74) is 3.29. The summed E-state index contributed by atoms with van der Waals surface area (Å²) in [5, 5.41) is 14.7. The molecule has 5 nitrogen and oxygen atoms in total. The van der Waals surface area contributed by atoms with E-state index in [0.717, 1.165) is 11.1 Å². The van der Waals surface area contributed by atoms with Crippen LogP contribution in [0, 0.1) is 6.92 Å². The van der Waals surface area contributed by atoms with Gasteiger partial charge in [0.2, 0.25) is 0 Å². The third-order valence-corrected chi connectivity index (χ3v) is 2.83. The third kappa shape index (κ3) is 3.20. The third-order valence-electron chi connectivity index (χ3n) is 2.83. The molecule has 0 unspecified atom stereocenters. The van der Waals surface area contributed by atoms with Crippen molar-refractivity contribution in [3.63, 3.8) is 0 Å². The van der Waals surface area contributed by atoms with E-state index in [1.54, 1.807) is 43.5 Å². The molecule has 0 aliphatic carbocycles. The Balaban J connectivity index is 2.20. The summed E-state index contributed by atoms with van der Waals surface area (Å²) in [7, 11) is 0. The molecule has 0 aliphatic heterocycles. The maximum absolute atomic E-state index is 12.1. The van der Waals surface area contributed by atoms with E-state index in [2.05, 4.69) is 15.5 Å². The number of anilines is 1. The highest BCUT2D eigenvalue weighted by Gasteiger charge is 2.07. The molecule has 0 radical (unpaired) electrons. The van der Waals surface area contributed by atoms with Crippen LogP contribution in [0.15, 0.2) is 47.9 Å². The first-order chi connectivity index (χ1) is 9.60. The van der Waals surface area contributed by atoms with Gasteiger partial charge in [-0.25, -0.2) is 0 Å². The Bertz CT molecular complexity index is 666. The van der Waals surface area contributed by atoms with E-state index in [0.29, 0.717) is 17.0 Å². The van der Waals surface area contributed by atoms with Crippen LogP contribution in [0.5, 0.6) is 0 Å². The number of pyridine rings is 1. The van der Waals surface area contributed by atoms with Crippen molar-refractivity contribution < 1.29 is 10.0 Å². The van der Waals surface area contributed by atoms with E-state index in [1.807, 2.05) is 6.92 Å². The molecule has 1 aromatic carbocycles. The van der Waals surface area contributed by atoms with E-state index in [9.17, 15) is 4.79 Å². The van der Waals surface area contributed by atoms with Crippen molar-refractivity contribution in [3.05, 3.63) is 59.4 Å². The van der Waals surface area contributed by atoms with Crippen molar-refractivity contribution in [2.24, 2.45) is 5.16 Å². The largest absolute Gasteiger partial charge is 0.411 e. The fraction of sp³-hybridized carbons (Fsp3) is 0.133. The van der Waals surface area contributed by atoms with Gasteiger partial charge in [0.25, 0.3) is 5.91 Å². The van der Waals surface area contributed by atoms with Crippen LogP contribution in [0.2, 0.25) is 0 Å². The topological polar surface area (TPSA) is 74.6 Å². The van der Waals surface area contributed by atoms with Crippen LogP contribution in [0.1, 0.15) is 28.4 Å². The van der Waals surface area contributed by atoms with Gasteiger partial charge < -0.3 is 10.5 Å². The predicted octanol–water partition coefficient (Wildman–Crippen LogP) is 2.84. The molecule has 0 fully saturated rings. The van der Waals surface area contributed by atoms with E-state index >= 15 is 0 Å². The number of aryl methyl sites for hydroxylation is 1. The smallest absolute Gasteiger partial charge is 0.257 e. The minimum absolute atomic E-state index is 0.225. The molecule has 102 valence electrons. The molecule has 0 aliphatic rings. The van der Waals surface area contributed by atoms with Gasteiger partial charge in [-0.05, 0) is 37.6 Å². The Morgan fingerprint density at radius 3 is 2.75 bits per heavy atom. The summed E-state index contributed by atoms with van der Waals surface area (Å²) in [6, 6.07) is 8.88. The highest BCUT2D eigenvalue weighted by Crippen LogP contribution is 2.13. The molecule has 0 atom stereocenters. The number of nitrogens with zero attached hydrogens (tertiary/aromatic N) is 2. The molecule has 0 bridgehead atoms. The van der Waals surface area contributed by atoms with E-state index in [1.165, 1.54) is 6.20 Å². The number of benzene rings is 1. The minimum Gasteiger partial charge on any atom is -0.411 e. The Labute approximate surface area is 117 Å². The van der Waals surface area contributed by atoms with Crippen LogP contribution in [-0.2, 0) is 0 Å². The van der Waals surface area contributed by atoms with E-state index in [4.69, 9.17) is 5.21 Å². The highest BCUT2D eigenvalue weighted by molar-refractivity contribution is 6.05. The number of carbonyl (C=O) groups excluding carboxylic acids is 1. The molecule has 1 amide bonds. The fourth-order valence-electron chi connectivity index (χ4n) is 1.76. The first kappa shape index (κ1) is 13.7. The van der Waals surface area contributed by atoms with Gasteiger partial charge in [0, 0.05) is 23.6 Å². The van der Waals surface area contributed by atoms with Crippen LogP contribution in [0.3, 0.4) is 0 Å². The molecule has 20 heavy (non-hydrogen) atoms. The van der Waals surface area contributed by atoms with Gasteiger partial charge in [0.1, 0.15) is 0 Å². The van der Waals surface area contributed by atoms with Crippen molar-refractivity contribution in [1.29, 1.82) is 0 Å². The Kier molecular flexibility index (Phi) is 4.10. The Morgan fingerprint density at radius 2 is 2.05 bits per heavy atom. The number of hydrogen-bond acceptors (Lipinski definition) is 4. The lowest BCUT2D eigenvalue weighted by Crippen LogP contribution is -2.12. The zero-order valence-corrected chi connectivity index (χ0v) is 11.3. The summed E-state index contributed by atoms with van der Waals surface area (Å²) in [6.07, 6.45) is 3.21. The quantitative estimate of drug-likeness (QED) is 0.511. The number of aromatic nitrogens is 1. The Morgan fingerprint density at radius 1 is 1.25 bits per heavy atom. The minimum atomic E-state index is -0.225. The average molecular weight is 269 g/mol. The van der Waals surface area contributed by atoms with E-state index < -0.39 is 0 Å². The molecular weight excluding hydrogens is 254 g/mol. The van der Waals surface area contributed by atoms with Gasteiger partial charge in [-0.3, -0.25) is 9.78 Å². The zero-order chi connectivity index (χ0) is 14.5. The summed E-state index contributed by atoms with van der Waals surface area (Å²) < 4.78 is 0. The molecule has 5 heteroatoms. The molecular formula is C15H15N3O2. The van der Waals surface area contributed by atoms with Gasteiger partial charge in [-0.1, -0.05) is 17.3 Å². The lowest BCUT2D eigenvalue weighted by Gasteiger charge is -2.07. The maximum atomic E-state index is 12.1. The SMILES string of the molecule is CC(=NO)c1cccc(NC(=O)c2cncc(C)c2)c1. The normalized spacial score (nSPS) is 11.2. The summed E-state index contributed by atoms with van der Waals surface area (Å²) >= 11 is 0. The van der Waals surface area contributed by atoms with Crippen molar-refractivity contribution in [2.75, 3.05) is 5.32 Å². The van der Waals surface area contributed by atoms with Crippen molar-refractivity contribution >= 4 is 17.3 Å². The lowest BCUT2D eigenvalue weighted by atomic mass is 10.1. The standard InChI is InChI=1S/C15H15N3O2/c1-10-6-13(9-16-8-10)15(19)17-14-5-3-4-12(7-14)11(2)18-20/h3-9,20H,1-2H3,(H,17,19). The molecule has 1 heterocycles. The fourth-order valence-corrected chi connectivity index (χ4v) is 1.76. The molecule has 0 spiro atoms. The second-order valence-corrected chi connectivity index (χ2v) is 4.47. The van der Waals surface area contributed by atoms with Gasteiger partial charge in [-0.15, -0.1) is 0 Å². The monoisotopic (exact) mass is 269 g/mol. The number of carbonyl (C=O) groups is 1. The number of oxime groups is 1. The molecule has 2 N–H and O–H groups in total. The summed E-state index contributed by atoms with van der Waals surface area (Å²) in [6.45, 7) is 3.57. The first-order valence-corrected chi connectivity index (χ1v) is 6.12. The number of amides is 1. The van der Waals surface area contributed by atoms with Gasteiger partial charge in [-0.2, -0.15) is 0 Å².